The Hall–Kier alpha value is -3.41. The molecular formula is C20H19N5O. The quantitative estimate of drug-likeness (QED) is 0.736. The minimum atomic E-state index is -0.195. The molecule has 0 unspecified atom stereocenters. The van der Waals surface area contributed by atoms with Crippen LogP contribution in [0.25, 0.3) is 11.3 Å². The second kappa shape index (κ2) is 7.23. The fourth-order valence-corrected chi connectivity index (χ4v) is 2.95. The van der Waals surface area contributed by atoms with E-state index in [9.17, 15) is 4.79 Å². The highest BCUT2D eigenvalue weighted by Gasteiger charge is 2.23. The van der Waals surface area contributed by atoms with E-state index in [1.807, 2.05) is 42.5 Å². The van der Waals surface area contributed by atoms with E-state index >= 15 is 0 Å². The fourth-order valence-electron chi connectivity index (χ4n) is 2.95. The molecule has 26 heavy (non-hydrogen) atoms. The van der Waals surface area contributed by atoms with Crippen molar-refractivity contribution in [2.24, 2.45) is 0 Å². The van der Waals surface area contributed by atoms with Crippen LogP contribution in [0.4, 0.5) is 22.0 Å². The lowest BCUT2D eigenvalue weighted by atomic mass is 10.1. The molecule has 1 aliphatic heterocycles. The van der Waals surface area contributed by atoms with Crippen LogP contribution in [-0.2, 0) is 0 Å². The molecule has 0 aliphatic carbocycles. The topological polar surface area (TPSA) is 70.2 Å². The van der Waals surface area contributed by atoms with Crippen LogP contribution in [0.2, 0.25) is 0 Å². The summed E-state index contributed by atoms with van der Waals surface area (Å²) in [5.74, 6) is 0.649. The first-order chi connectivity index (χ1) is 12.8. The molecule has 3 heterocycles. The summed E-state index contributed by atoms with van der Waals surface area (Å²) in [5, 5.41) is 6.28. The van der Waals surface area contributed by atoms with Crippen molar-refractivity contribution >= 4 is 23.2 Å². The third-order valence-electron chi connectivity index (χ3n) is 4.25. The summed E-state index contributed by atoms with van der Waals surface area (Å²) >= 11 is 0. The molecule has 6 heteroatoms. The van der Waals surface area contributed by atoms with Gasteiger partial charge < -0.3 is 10.6 Å². The Morgan fingerprint density at radius 1 is 1.04 bits per heavy atom. The van der Waals surface area contributed by atoms with Crippen LogP contribution >= 0.6 is 0 Å². The first-order valence-electron chi connectivity index (χ1n) is 8.60. The van der Waals surface area contributed by atoms with E-state index in [2.05, 4.69) is 15.6 Å². The molecule has 2 N–H and O–H groups in total. The van der Waals surface area contributed by atoms with Crippen molar-refractivity contribution in [3.8, 4) is 11.3 Å². The fraction of sp³-hybridized carbons (Fsp3) is 0.150. The number of amides is 2. The Morgan fingerprint density at radius 2 is 1.85 bits per heavy atom. The van der Waals surface area contributed by atoms with E-state index in [4.69, 9.17) is 4.98 Å². The number of carbonyl (C=O) groups is 1. The molecule has 4 rings (SSSR count). The Morgan fingerprint density at radius 3 is 2.65 bits per heavy atom. The molecule has 1 aliphatic rings. The van der Waals surface area contributed by atoms with Gasteiger partial charge in [-0.25, -0.2) is 9.78 Å². The van der Waals surface area contributed by atoms with Gasteiger partial charge in [-0.15, -0.1) is 0 Å². The predicted molar refractivity (Wildman–Crippen MR) is 103 cm³/mol. The SMILES string of the molecule is O=C(Nc1ccncc1)N1CCCNc2ccc(-c3ccccc3)nc21. The summed E-state index contributed by atoms with van der Waals surface area (Å²) in [5.41, 5.74) is 3.44. The molecule has 0 atom stereocenters. The molecule has 2 aromatic heterocycles. The first-order valence-corrected chi connectivity index (χ1v) is 8.60. The number of nitrogens with one attached hydrogen (secondary N) is 2. The number of benzene rings is 1. The van der Waals surface area contributed by atoms with E-state index in [1.165, 1.54) is 0 Å². The maximum absolute atomic E-state index is 12.9. The predicted octanol–water partition coefficient (Wildman–Crippen LogP) is 4.00. The van der Waals surface area contributed by atoms with E-state index in [1.54, 1.807) is 29.4 Å². The van der Waals surface area contributed by atoms with Gasteiger partial charge in [0, 0.05) is 36.7 Å². The molecule has 0 saturated heterocycles. The Bertz CT molecular complexity index is 899. The van der Waals surface area contributed by atoms with Crippen molar-refractivity contribution in [2.75, 3.05) is 28.6 Å². The van der Waals surface area contributed by atoms with E-state index in [0.29, 0.717) is 18.1 Å². The van der Waals surface area contributed by atoms with Crippen molar-refractivity contribution in [3.63, 3.8) is 0 Å². The van der Waals surface area contributed by atoms with Gasteiger partial charge in [0.15, 0.2) is 5.82 Å². The van der Waals surface area contributed by atoms with Gasteiger partial charge in [0.1, 0.15) is 0 Å². The molecule has 0 saturated carbocycles. The molecule has 6 nitrogen and oxygen atoms in total. The second-order valence-electron chi connectivity index (χ2n) is 6.03. The van der Waals surface area contributed by atoms with E-state index in [-0.39, 0.29) is 6.03 Å². The molecule has 3 aromatic rings. The molecule has 0 spiro atoms. The lowest BCUT2D eigenvalue weighted by molar-refractivity contribution is 0.257. The second-order valence-corrected chi connectivity index (χ2v) is 6.03. The number of hydrogen-bond acceptors (Lipinski definition) is 4. The monoisotopic (exact) mass is 345 g/mol. The maximum Gasteiger partial charge on any atom is 0.327 e. The molecule has 0 fully saturated rings. The van der Waals surface area contributed by atoms with E-state index < -0.39 is 0 Å². The Labute approximate surface area is 151 Å². The summed E-state index contributed by atoms with van der Waals surface area (Å²) in [6.07, 6.45) is 4.15. The average molecular weight is 345 g/mol. The van der Waals surface area contributed by atoms with Crippen molar-refractivity contribution < 1.29 is 4.79 Å². The third kappa shape index (κ3) is 3.35. The van der Waals surface area contributed by atoms with E-state index in [0.717, 1.165) is 29.9 Å². The summed E-state index contributed by atoms with van der Waals surface area (Å²) in [4.78, 5) is 23.3. The van der Waals surface area contributed by atoms with Crippen LogP contribution in [0, 0.1) is 0 Å². The van der Waals surface area contributed by atoms with Crippen LogP contribution in [-0.4, -0.2) is 29.1 Å². The number of nitrogens with zero attached hydrogens (tertiary/aromatic N) is 3. The summed E-state index contributed by atoms with van der Waals surface area (Å²) < 4.78 is 0. The van der Waals surface area contributed by atoms with Crippen molar-refractivity contribution in [3.05, 3.63) is 67.0 Å². The summed E-state index contributed by atoms with van der Waals surface area (Å²) in [6.45, 7) is 1.40. The van der Waals surface area contributed by atoms with Gasteiger partial charge in [-0.2, -0.15) is 0 Å². The smallest absolute Gasteiger partial charge is 0.327 e. The molecular weight excluding hydrogens is 326 g/mol. The van der Waals surface area contributed by atoms with Crippen molar-refractivity contribution in [2.45, 2.75) is 6.42 Å². The Kier molecular flexibility index (Phi) is 4.47. The van der Waals surface area contributed by atoms with Crippen molar-refractivity contribution in [1.82, 2.24) is 9.97 Å². The molecule has 130 valence electrons. The standard InChI is InChI=1S/C20H19N5O/c26-20(23-16-9-12-21-13-10-16)25-14-4-11-22-18-8-7-17(24-19(18)25)15-5-2-1-3-6-15/h1-3,5-10,12-13,22H,4,11,14H2,(H,21,23,26). The van der Waals surface area contributed by atoms with Gasteiger partial charge in [0.2, 0.25) is 0 Å². The number of hydrogen-bond donors (Lipinski definition) is 2. The highest BCUT2D eigenvalue weighted by Crippen LogP contribution is 2.30. The zero-order valence-electron chi connectivity index (χ0n) is 14.2. The number of fused-ring (bicyclic) bond motifs is 1. The van der Waals surface area contributed by atoms with Gasteiger partial charge in [-0.05, 0) is 30.7 Å². The number of anilines is 3. The van der Waals surface area contributed by atoms with Gasteiger partial charge in [0.05, 0.1) is 11.4 Å². The van der Waals surface area contributed by atoms with Crippen LogP contribution < -0.4 is 15.5 Å². The summed E-state index contributed by atoms with van der Waals surface area (Å²) in [6, 6.07) is 17.3. The van der Waals surface area contributed by atoms with Crippen LogP contribution in [0.15, 0.2) is 67.0 Å². The minimum Gasteiger partial charge on any atom is -0.382 e. The van der Waals surface area contributed by atoms with Gasteiger partial charge in [-0.3, -0.25) is 9.88 Å². The Balaban J connectivity index is 1.68. The number of aromatic nitrogens is 2. The summed E-state index contributed by atoms with van der Waals surface area (Å²) in [7, 11) is 0. The van der Waals surface area contributed by atoms with Crippen LogP contribution in [0.3, 0.4) is 0 Å². The molecule has 0 radical (unpaired) electrons. The third-order valence-corrected chi connectivity index (χ3v) is 4.25. The highest BCUT2D eigenvalue weighted by molar-refractivity contribution is 6.03. The minimum absolute atomic E-state index is 0.195. The number of carbonyl (C=O) groups excluding carboxylic acids is 1. The first kappa shape index (κ1) is 16.1. The molecule has 0 bridgehead atoms. The van der Waals surface area contributed by atoms with Gasteiger partial charge in [0.25, 0.3) is 0 Å². The number of urea groups is 1. The van der Waals surface area contributed by atoms with Crippen LogP contribution in [0.1, 0.15) is 6.42 Å². The molecule has 2 amide bonds. The zero-order chi connectivity index (χ0) is 17.8. The zero-order valence-corrected chi connectivity index (χ0v) is 14.2. The maximum atomic E-state index is 12.9. The van der Waals surface area contributed by atoms with Gasteiger partial charge >= 0.3 is 6.03 Å². The largest absolute Gasteiger partial charge is 0.382 e. The van der Waals surface area contributed by atoms with Crippen molar-refractivity contribution in [1.29, 1.82) is 0 Å². The molecule has 1 aromatic carbocycles. The average Bonchev–Trinajstić information content (AvgIpc) is 2.91. The lowest BCUT2D eigenvalue weighted by Gasteiger charge is -2.22. The normalized spacial score (nSPS) is 13.3. The lowest BCUT2D eigenvalue weighted by Crippen LogP contribution is -2.36. The van der Waals surface area contributed by atoms with Gasteiger partial charge in [-0.1, -0.05) is 30.3 Å². The van der Waals surface area contributed by atoms with Crippen LogP contribution in [0.5, 0.6) is 0 Å². The number of pyridine rings is 2. The number of rotatable bonds is 2. The highest BCUT2D eigenvalue weighted by atomic mass is 16.2.